The second kappa shape index (κ2) is 8.21. The highest BCUT2D eigenvalue weighted by Crippen LogP contribution is 2.22. The molecule has 0 aliphatic carbocycles. The van der Waals surface area contributed by atoms with Gasteiger partial charge < -0.3 is 10.1 Å². The van der Waals surface area contributed by atoms with Gasteiger partial charge in [0, 0.05) is 6.54 Å². The Kier molecular flexibility index (Phi) is 6.95. The van der Waals surface area contributed by atoms with Gasteiger partial charge in [-0.05, 0) is 30.7 Å². The molecule has 2 nitrogen and oxygen atoms in total. The smallest absolute Gasteiger partial charge is 0.372 e. The van der Waals surface area contributed by atoms with Gasteiger partial charge >= 0.3 is 6.18 Å². The van der Waals surface area contributed by atoms with Crippen LogP contribution in [0, 0.1) is 5.82 Å². The van der Waals surface area contributed by atoms with E-state index in [0.29, 0.717) is 12.1 Å². The van der Waals surface area contributed by atoms with Crippen molar-refractivity contribution in [2.75, 3.05) is 19.7 Å². The van der Waals surface area contributed by atoms with Crippen LogP contribution in [-0.2, 0) is 4.74 Å². The molecule has 0 spiro atoms. The van der Waals surface area contributed by atoms with E-state index in [0.717, 1.165) is 13.0 Å². The molecule has 1 unspecified atom stereocenters. The normalized spacial score (nSPS) is 13.4. The first-order valence-corrected chi connectivity index (χ1v) is 6.57. The highest BCUT2D eigenvalue weighted by molar-refractivity contribution is 5.19. The van der Waals surface area contributed by atoms with Crippen molar-refractivity contribution in [1.82, 2.24) is 5.32 Å². The third kappa shape index (κ3) is 6.86. The molecule has 0 aliphatic rings. The van der Waals surface area contributed by atoms with E-state index in [1.807, 2.05) is 6.92 Å². The van der Waals surface area contributed by atoms with Crippen molar-refractivity contribution in [2.45, 2.75) is 32.0 Å². The summed E-state index contributed by atoms with van der Waals surface area (Å²) in [5, 5.41) is 3.10. The molecular formula is C14H19F4NO. The minimum atomic E-state index is -4.23. The van der Waals surface area contributed by atoms with Crippen molar-refractivity contribution in [3.63, 3.8) is 0 Å². The fourth-order valence-corrected chi connectivity index (χ4v) is 1.68. The molecule has 1 N–H and O–H groups in total. The van der Waals surface area contributed by atoms with Crippen molar-refractivity contribution < 1.29 is 22.3 Å². The zero-order valence-corrected chi connectivity index (χ0v) is 11.3. The first-order valence-electron chi connectivity index (χ1n) is 6.57. The molecule has 1 aromatic rings. The van der Waals surface area contributed by atoms with E-state index in [1.54, 1.807) is 0 Å². The Bertz CT molecular complexity index is 378. The van der Waals surface area contributed by atoms with E-state index in [9.17, 15) is 17.6 Å². The molecule has 1 rings (SSSR count). The Hall–Kier alpha value is -1.14. The van der Waals surface area contributed by atoms with E-state index in [4.69, 9.17) is 4.74 Å². The number of nitrogens with one attached hydrogen (secondary N) is 1. The first-order chi connectivity index (χ1) is 9.42. The number of hydrogen-bond donors (Lipinski definition) is 1. The summed E-state index contributed by atoms with van der Waals surface area (Å²) >= 11 is 0. The summed E-state index contributed by atoms with van der Waals surface area (Å²) in [5.74, 6) is -0.385. The topological polar surface area (TPSA) is 21.3 Å². The summed E-state index contributed by atoms with van der Waals surface area (Å²) in [6.07, 6.45) is -4.81. The van der Waals surface area contributed by atoms with Crippen LogP contribution < -0.4 is 5.32 Å². The summed E-state index contributed by atoms with van der Waals surface area (Å²) in [5.41, 5.74) is 0.664. The van der Waals surface area contributed by atoms with Gasteiger partial charge in [-0.3, -0.25) is 0 Å². The Labute approximate surface area is 116 Å². The molecular weight excluding hydrogens is 274 g/mol. The molecule has 0 fully saturated rings. The van der Waals surface area contributed by atoms with Gasteiger partial charge in [-0.1, -0.05) is 19.1 Å². The lowest BCUT2D eigenvalue weighted by Gasteiger charge is -2.19. The number of benzene rings is 1. The molecule has 0 heterocycles. The van der Waals surface area contributed by atoms with Crippen molar-refractivity contribution in [2.24, 2.45) is 0 Å². The Morgan fingerprint density at radius 1 is 1.20 bits per heavy atom. The Morgan fingerprint density at radius 3 is 2.40 bits per heavy atom. The number of rotatable bonds is 8. The maximum absolute atomic E-state index is 12.9. The van der Waals surface area contributed by atoms with Crippen LogP contribution in [0.1, 0.15) is 31.4 Å². The van der Waals surface area contributed by atoms with Crippen LogP contribution in [0.5, 0.6) is 0 Å². The van der Waals surface area contributed by atoms with Gasteiger partial charge in [0.15, 0.2) is 0 Å². The summed E-state index contributed by atoms with van der Waals surface area (Å²) in [6.45, 7) is 2.74. The fourth-order valence-electron chi connectivity index (χ4n) is 1.68. The van der Waals surface area contributed by atoms with E-state index < -0.39 is 25.3 Å². The molecule has 0 aromatic heterocycles. The third-order valence-electron chi connectivity index (χ3n) is 2.70. The number of alkyl halides is 3. The van der Waals surface area contributed by atoms with E-state index >= 15 is 0 Å². The lowest BCUT2D eigenvalue weighted by Crippen LogP contribution is -2.25. The molecule has 1 aromatic carbocycles. The first kappa shape index (κ1) is 16.9. The standard InChI is InChI=1S/C14H19F4NO/c1-2-8-19-10-13(20-9-7-14(16,17)18)11-3-5-12(15)6-4-11/h3-6,13,19H,2,7-10H2,1H3. The number of halogens is 4. The SMILES string of the molecule is CCCNCC(OCCC(F)(F)F)c1ccc(F)cc1. The molecule has 0 amide bonds. The highest BCUT2D eigenvalue weighted by Gasteiger charge is 2.27. The summed E-state index contributed by atoms with van der Waals surface area (Å²) in [7, 11) is 0. The molecule has 0 aliphatic heterocycles. The molecule has 0 saturated carbocycles. The van der Waals surface area contributed by atoms with Crippen molar-refractivity contribution in [3.8, 4) is 0 Å². The van der Waals surface area contributed by atoms with Crippen molar-refractivity contribution in [3.05, 3.63) is 35.6 Å². The Balaban J connectivity index is 2.57. The van der Waals surface area contributed by atoms with Crippen molar-refractivity contribution >= 4 is 0 Å². The van der Waals surface area contributed by atoms with E-state index in [1.165, 1.54) is 24.3 Å². The van der Waals surface area contributed by atoms with E-state index in [-0.39, 0.29) is 5.82 Å². The van der Waals surface area contributed by atoms with E-state index in [2.05, 4.69) is 5.32 Å². The fraction of sp³-hybridized carbons (Fsp3) is 0.571. The van der Waals surface area contributed by atoms with Gasteiger partial charge in [-0.2, -0.15) is 13.2 Å². The zero-order valence-electron chi connectivity index (χ0n) is 11.3. The second-order valence-electron chi connectivity index (χ2n) is 4.48. The van der Waals surface area contributed by atoms with Crippen LogP contribution in [0.2, 0.25) is 0 Å². The van der Waals surface area contributed by atoms with Crippen LogP contribution in [0.4, 0.5) is 17.6 Å². The monoisotopic (exact) mass is 293 g/mol. The Morgan fingerprint density at radius 2 is 1.85 bits per heavy atom. The highest BCUT2D eigenvalue weighted by atomic mass is 19.4. The molecule has 0 saturated heterocycles. The van der Waals surface area contributed by atoms with Crippen LogP contribution in [0.25, 0.3) is 0 Å². The lowest BCUT2D eigenvalue weighted by molar-refractivity contribution is -0.149. The third-order valence-corrected chi connectivity index (χ3v) is 2.70. The minimum Gasteiger partial charge on any atom is -0.372 e. The molecule has 0 radical (unpaired) electrons. The average molecular weight is 293 g/mol. The van der Waals surface area contributed by atoms with Gasteiger partial charge in [0.05, 0.1) is 19.1 Å². The molecule has 0 bridgehead atoms. The summed E-state index contributed by atoms with van der Waals surface area (Å²) in [6, 6.07) is 5.60. The molecule has 20 heavy (non-hydrogen) atoms. The van der Waals surface area contributed by atoms with Gasteiger partial charge in [0.2, 0.25) is 0 Å². The molecule has 6 heteroatoms. The van der Waals surface area contributed by atoms with Gasteiger partial charge in [0.1, 0.15) is 5.82 Å². The maximum atomic E-state index is 12.9. The number of hydrogen-bond acceptors (Lipinski definition) is 2. The van der Waals surface area contributed by atoms with Crippen molar-refractivity contribution in [1.29, 1.82) is 0 Å². The van der Waals surface area contributed by atoms with Crippen LogP contribution in [0.15, 0.2) is 24.3 Å². The molecule has 1 atom stereocenters. The summed E-state index contributed by atoms with van der Waals surface area (Å²) in [4.78, 5) is 0. The lowest BCUT2D eigenvalue weighted by atomic mass is 10.1. The average Bonchev–Trinajstić information content (AvgIpc) is 2.37. The summed E-state index contributed by atoms with van der Waals surface area (Å²) < 4.78 is 54.5. The maximum Gasteiger partial charge on any atom is 0.391 e. The van der Waals surface area contributed by atoms with Crippen LogP contribution in [-0.4, -0.2) is 25.9 Å². The molecule has 114 valence electrons. The van der Waals surface area contributed by atoms with Crippen LogP contribution >= 0.6 is 0 Å². The van der Waals surface area contributed by atoms with Gasteiger partial charge in [-0.25, -0.2) is 4.39 Å². The van der Waals surface area contributed by atoms with Crippen LogP contribution in [0.3, 0.4) is 0 Å². The minimum absolute atomic E-state index is 0.385. The largest absolute Gasteiger partial charge is 0.391 e. The zero-order chi connectivity index (χ0) is 15.0. The second-order valence-corrected chi connectivity index (χ2v) is 4.48. The van der Waals surface area contributed by atoms with Gasteiger partial charge in [0.25, 0.3) is 0 Å². The predicted octanol–water partition coefficient (Wildman–Crippen LogP) is 3.84. The predicted molar refractivity (Wildman–Crippen MR) is 68.9 cm³/mol. The number of ether oxygens (including phenoxy) is 1. The van der Waals surface area contributed by atoms with Gasteiger partial charge in [-0.15, -0.1) is 0 Å². The quantitative estimate of drug-likeness (QED) is 0.581.